The number of carbonyl (C=O) groups excluding carboxylic acids is 1. The van der Waals surface area contributed by atoms with E-state index in [-0.39, 0.29) is 0 Å². The van der Waals surface area contributed by atoms with Crippen LogP contribution in [0.5, 0.6) is 5.88 Å². The highest BCUT2D eigenvalue weighted by molar-refractivity contribution is 6.58. The summed E-state index contributed by atoms with van der Waals surface area (Å²) in [5, 5.41) is 22.2. The van der Waals surface area contributed by atoms with Gasteiger partial charge < -0.3 is 25.8 Å². The number of hydrogen-bond acceptors (Lipinski definition) is 8. The van der Waals surface area contributed by atoms with Crippen molar-refractivity contribution in [2.24, 2.45) is 5.73 Å². The Morgan fingerprint density at radius 2 is 2.12 bits per heavy atom. The van der Waals surface area contributed by atoms with Crippen LogP contribution in [-0.2, 0) is 13.0 Å². The number of imidazole rings is 1. The number of rotatable bonds is 6. The second-order valence-corrected chi connectivity index (χ2v) is 7.73. The van der Waals surface area contributed by atoms with E-state index in [0.717, 1.165) is 24.0 Å². The van der Waals surface area contributed by atoms with Crippen LogP contribution in [0.25, 0.3) is 17.2 Å². The normalized spacial score (nSPS) is 12.8. The zero-order chi connectivity index (χ0) is 22.9. The molecule has 0 unspecified atom stereocenters. The van der Waals surface area contributed by atoms with E-state index in [1.807, 2.05) is 6.07 Å². The summed E-state index contributed by atoms with van der Waals surface area (Å²) in [6.07, 6.45) is 4.96. The summed E-state index contributed by atoms with van der Waals surface area (Å²) in [5.74, 6) is 1.38. The number of ether oxygens (including phenoxy) is 1. The molecule has 1 aliphatic heterocycles. The first-order valence-corrected chi connectivity index (χ1v) is 10.5. The van der Waals surface area contributed by atoms with Gasteiger partial charge in [-0.1, -0.05) is 24.3 Å². The Morgan fingerprint density at radius 1 is 1.24 bits per heavy atom. The molecule has 4 aromatic rings. The van der Waals surface area contributed by atoms with Crippen molar-refractivity contribution >= 4 is 29.8 Å². The van der Waals surface area contributed by atoms with E-state index < -0.39 is 13.0 Å². The van der Waals surface area contributed by atoms with Crippen molar-refractivity contribution < 1.29 is 19.6 Å². The molecule has 0 radical (unpaired) electrons. The first kappa shape index (κ1) is 20.9. The third kappa shape index (κ3) is 3.99. The van der Waals surface area contributed by atoms with Crippen LogP contribution in [0.2, 0.25) is 0 Å². The van der Waals surface area contributed by atoms with Crippen LogP contribution in [0.3, 0.4) is 0 Å². The Labute approximate surface area is 189 Å². The minimum Gasteiger partial charge on any atom is -0.477 e. The molecule has 0 aliphatic carbocycles. The molecule has 0 saturated heterocycles. The van der Waals surface area contributed by atoms with E-state index in [0.29, 0.717) is 53.0 Å². The summed E-state index contributed by atoms with van der Waals surface area (Å²) in [7, 11) is -1.53. The number of nitrogens with one attached hydrogen (secondary N) is 1. The maximum absolute atomic E-state index is 11.8. The minimum absolute atomic E-state index is 0.347. The highest BCUT2D eigenvalue weighted by Gasteiger charge is 2.22. The van der Waals surface area contributed by atoms with Gasteiger partial charge in [-0.3, -0.25) is 9.20 Å². The predicted octanol–water partition coefficient (Wildman–Crippen LogP) is 0.507. The van der Waals surface area contributed by atoms with Gasteiger partial charge in [-0.05, 0) is 36.0 Å². The third-order valence-corrected chi connectivity index (χ3v) is 5.52. The Morgan fingerprint density at radius 3 is 2.94 bits per heavy atom. The van der Waals surface area contributed by atoms with E-state index in [9.17, 15) is 14.8 Å². The predicted molar refractivity (Wildman–Crippen MR) is 122 cm³/mol. The largest absolute Gasteiger partial charge is 0.488 e. The van der Waals surface area contributed by atoms with Crippen molar-refractivity contribution in [3.8, 4) is 17.5 Å². The minimum atomic E-state index is -1.53. The van der Waals surface area contributed by atoms with Gasteiger partial charge >= 0.3 is 7.12 Å². The number of carbonyl (C=O) groups is 1. The smallest absolute Gasteiger partial charge is 0.477 e. The van der Waals surface area contributed by atoms with Crippen LogP contribution in [0, 0.1) is 0 Å². The summed E-state index contributed by atoms with van der Waals surface area (Å²) < 4.78 is 7.53. The molecule has 0 atom stereocenters. The van der Waals surface area contributed by atoms with Crippen molar-refractivity contribution in [2.45, 2.75) is 19.4 Å². The Balaban J connectivity index is 1.54. The summed E-state index contributed by atoms with van der Waals surface area (Å²) in [6, 6.07) is 10.4. The number of primary amides is 1. The van der Waals surface area contributed by atoms with Crippen LogP contribution >= 0.6 is 0 Å². The first-order valence-electron chi connectivity index (χ1n) is 10.5. The van der Waals surface area contributed by atoms with E-state index in [1.165, 1.54) is 0 Å². The first-order chi connectivity index (χ1) is 16.0. The van der Waals surface area contributed by atoms with Gasteiger partial charge in [0.1, 0.15) is 5.82 Å². The molecule has 1 amide bonds. The Hall–Kier alpha value is -3.96. The molecule has 0 bridgehead atoms. The number of benzene rings is 1. The summed E-state index contributed by atoms with van der Waals surface area (Å²) in [6.45, 7) is 0.977. The van der Waals surface area contributed by atoms with E-state index in [2.05, 4.69) is 15.3 Å². The lowest BCUT2D eigenvalue weighted by atomic mass is 9.79. The van der Waals surface area contributed by atoms with Gasteiger partial charge in [0.25, 0.3) is 5.91 Å². The highest BCUT2D eigenvalue weighted by atomic mass is 16.5. The fraction of sp³-hybridized carbons (Fsp3) is 0.182. The number of anilines is 1. The molecule has 5 N–H and O–H groups in total. The van der Waals surface area contributed by atoms with Gasteiger partial charge in [-0.15, -0.1) is 0 Å². The maximum Gasteiger partial charge on any atom is 0.488 e. The van der Waals surface area contributed by atoms with Crippen molar-refractivity contribution in [1.29, 1.82) is 0 Å². The van der Waals surface area contributed by atoms with Crippen LogP contribution < -0.4 is 21.3 Å². The van der Waals surface area contributed by atoms with Gasteiger partial charge in [0, 0.05) is 12.7 Å². The lowest BCUT2D eigenvalue weighted by Crippen LogP contribution is -2.30. The Bertz CT molecular complexity index is 1360. The number of hydrogen-bond donors (Lipinski definition) is 4. The quantitative estimate of drug-likeness (QED) is 0.315. The molecular formula is C22H21BN6O4. The zero-order valence-corrected chi connectivity index (χ0v) is 17.6. The van der Waals surface area contributed by atoms with Crippen LogP contribution in [0.1, 0.15) is 27.9 Å². The maximum atomic E-state index is 11.8. The molecule has 10 nitrogen and oxygen atoms in total. The molecular weight excluding hydrogens is 423 g/mol. The molecule has 0 saturated carbocycles. The van der Waals surface area contributed by atoms with Crippen molar-refractivity contribution in [1.82, 2.24) is 19.4 Å². The number of pyridine rings is 1. The molecule has 166 valence electrons. The topological polar surface area (TPSA) is 148 Å². The summed E-state index contributed by atoms with van der Waals surface area (Å²) >= 11 is 0. The van der Waals surface area contributed by atoms with Gasteiger partial charge in [0.15, 0.2) is 5.82 Å². The molecule has 5 rings (SSSR count). The molecule has 4 heterocycles. The molecule has 0 fully saturated rings. The standard InChI is InChI=1S/C22H21BN6O4/c24-18(30)15-6-2-8-29-17(15)12-26-21(29)20-27-19(16-7-3-9-33-22(16)28-20)25-11-13-4-1-5-14(10-13)23(31)32/h1-2,4-6,8,10,12,31-32H,3,7,9,11H2,(H2,24,30)(H,25,27,28). The molecule has 1 aromatic carbocycles. The van der Waals surface area contributed by atoms with Gasteiger partial charge in [0.05, 0.1) is 29.4 Å². The van der Waals surface area contributed by atoms with Crippen molar-refractivity contribution in [3.05, 3.63) is 65.5 Å². The average molecular weight is 444 g/mol. The number of nitrogens with zero attached hydrogens (tertiary/aromatic N) is 4. The number of aromatic nitrogens is 4. The average Bonchev–Trinajstić information content (AvgIpc) is 3.26. The zero-order valence-electron chi connectivity index (χ0n) is 17.6. The highest BCUT2D eigenvalue weighted by Crippen LogP contribution is 2.31. The number of fused-ring (bicyclic) bond motifs is 2. The molecule has 11 heteroatoms. The summed E-state index contributed by atoms with van der Waals surface area (Å²) in [4.78, 5) is 25.5. The fourth-order valence-electron chi connectivity index (χ4n) is 3.92. The van der Waals surface area contributed by atoms with Gasteiger partial charge in [-0.25, -0.2) is 9.97 Å². The van der Waals surface area contributed by atoms with E-state index in [1.54, 1.807) is 47.1 Å². The van der Waals surface area contributed by atoms with Gasteiger partial charge in [0.2, 0.25) is 11.7 Å². The van der Waals surface area contributed by atoms with Gasteiger partial charge in [-0.2, -0.15) is 4.98 Å². The van der Waals surface area contributed by atoms with Crippen molar-refractivity contribution in [2.75, 3.05) is 11.9 Å². The monoisotopic (exact) mass is 444 g/mol. The molecule has 0 spiro atoms. The molecule has 33 heavy (non-hydrogen) atoms. The lowest BCUT2D eigenvalue weighted by Gasteiger charge is -2.20. The lowest BCUT2D eigenvalue weighted by molar-refractivity contribution is 0.100. The van der Waals surface area contributed by atoms with Crippen LogP contribution in [0.15, 0.2) is 48.8 Å². The number of amides is 1. The van der Waals surface area contributed by atoms with E-state index in [4.69, 9.17) is 15.5 Å². The molecule has 3 aromatic heterocycles. The third-order valence-electron chi connectivity index (χ3n) is 5.52. The van der Waals surface area contributed by atoms with Crippen LogP contribution in [0.4, 0.5) is 5.82 Å². The fourth-order valence-corrected chi connectivity index (χ4v) is 3.92. The second kappa shape index (κ2) is 8.53. The second-order valence-electron chi connectivity index (χ2n) is 7.73. The molecule has 1 aliphatic rings. The Kier molecular flexibility index (Phi) is 5.41. The summed E-state index contributed by atoms with van der Waals surface area (Å²) in [5.41, 5.74) is 8.57. The van der Waals surface area contributed by atoms with Crippen LogP contribution in [-0.4, -0.2) is 49.0 Å². The SMILES string of the molecule is NC(=O)c1cccn2c(-c3nc(NCc4cccc(B(O)O)c4)c4c(n3)OCCC4)ncc12. The number of nitrogens with two attached hydrogens (primary N) is 1. The van der Waals surface area contributed by atoms with Crippen molar-refractivity contribution in [3.63, 3.8) is 0 Å². The van der Waals surface area contributed by atoms with E-state index >= 15 is 0 Å².